The number of rotatable bonds is 7. The first-order valence-corrected chi connectivity index (χ1v) is 9.84. The number of benzene rings is 2. The number of amides is 1. The highest BCUT2D eigenvalue weighted by Crippen LogP contribution is 2.36. The molecule has 0 aliphatic carbocycles. The Morgan fingerprint density at radius 2 is 1.86 bits per heavy atom. The largest absolute Gasteiger partial charge is 0.494 e. The summed E-state index contributed by atoms with van der Waals surface area (Å²) in [6, 6.07) is 9.92. The Balaban J connectivity index is 1.95. The van der Waals surface area contributed by atoms with Gasteiger partial charge in [-0.25, -0.2) is 9.37 Å². The number of carbonyl (C=O) groups is 1. The van der Waals surface area contributed by atoms with Gasteiger partial charge in [-0.2, -0.15) is 0 Å². The first kappa shape index (κ1) is 20.2. The maximum Gasteiger partial charge on any atom is 0.233 e. The molecule has 2 aromatic carbocycles. The Bertz CT molecular complexity index is 970. The van der Waals surface area contributed by atoms with Crippen LogP contribution in [0.5, 0.6) is 5.75 Å². The molecule has 0 atom stereocenters. The third kappa shape index (κ3) is 4.48. The average molecular weight is 402 g/mol. The number of halogens is 1. The van der Waals surface area contributed by atoms with E-state index in [2.05, 4.69) is 0 Å². The molecule has 0 unspecified atom stereocenters. The average Bonchev–Trinajstić information content (AvgIpc) is 3.10. The van der Waals surface area contributed by atoms with Gasteiger partial charge in [0, 0.05) is 13.1 Å². The van der Waals surface area contributed by atoms with E-state index in [4.69, 9.17) is 9.72 Å². The summed E-state index contributed by atoms with van der Waals surface area (Å²) < 4.78 is 19.6. The second kappa shape index (κ2) is 8.67. The highest BCUT2D eigenvalue weighted by molar-refractivity contribution is 7.22. The summed E-state index contributed by atoms with van der Waals surface area (Å²) in [5.74, 6) is 0.320. The van der Waals surface area contributed by atoms with Crippen molar-refractivity contribution in [2.24, 2.45) is 0 Å². The minimum atomic E-state index is -0.311. The van der Waals surface area contributed by atoms with Crippen LogP contribution in [0.2, 0.25) is 0 Å². The lowest BCUT2D eigenvalue weighted by molar-refractivity contribution is -0.118. The number of anilines is 1. The summed E-state index contributed by atoms with van der Waals surface area (Å²) in [5.41, 5.74) is 2.64. The lowest BCUT2D eigenvalue weighted by Gasteiger charge is -2.22. The van der Waals surface area contributed by atoms with Gasteiger partial charge in [0.2, 0.25) is 5.91 Å². The van der Waals surface area contributed by atoms with Gasteiger partial charge < -0.3 is 9.64 Å². The van der Waals surface area contributed by atoms with Crippen LogP contribution in [-0.2, 0) is 11.2 Å². The summed E-state index contributed by atoms with van der Waals surface area (Å²) in [6.45, 7) is 3.25. The van der Waals surface area contributed by atoms with Gasteiger partial charge in [0.25, 0.3) is 0 Å². The van der Waals surface area contributed by atoms with E-state index >= 15 is 0 Å². The molecule has 28 heavy (non-hydrogen) atoms. The van der Waals surface area contributed by atoms with Crippen molar-refractivity contribution in [2.75, 3.05) is 39.2 Å². The highest BCUT2D eigenvalue weighted by atomic mass is 32.1. The molecule has 0 fully saturated rings. The summed E-state index contributed by atoms with van der Waals surface area (Å²) in [7, 11) is 5.55. The number of aromatic nitrogens is 1. The number of carbonyl (C=O) groups excluding carboxylic acids is 1. The predicted octanol–water partition coefficient (Wildman–Crippen LogP) is 3.89. The van der Waals surface area contributed by atoms with Gasteiger partial charge in [-0.15, -0.1) is 0 Å². The van der Waals surface area contributed by atoms with Crippen molar-refractivity contribution in [3.05, 3.63) is 53.3 Å². The molecule has 148 valence electrons. The van der Waals surface area contributed by atoms with E-state index in [-0.39, 0.29) is 18.1 Å². The molecule has 3 aromatic rings. The predicted molar refractivity (Wildman–Crippen MR) is 112 cm³/mol. The molecule has 7 heteroatoms. The summed E-state index contributed by atoms with van der Waals surface area (Å²) in [4.78, 5) is 21.5. The van der Waals surface area contributed by atoms with Gasteiger partial charge >= 0.3 is 0 Å². The summed E-state index contributed by atoms with van der Waals surface area (Å²) >= 11 is 1.49. The lowest BCUT2D eigenvalue weighted by atomic mass is 10.1. The van der Waals surface area contributed by atoms with E-state index in [9.17, 15) is 9.18 Å². The zero-order chi connectivity index (χ0) is 20.3. The molecule has 0 aliphatic heterocycles. The van der Waals surface area contributed by atoms with Crippen LogP contribution in [0.4, 0.5) is 9.52 Å². The van der Waals surface area contributed by atoms with E-state index in [1.807, 2.05) is 38.1 Å². The lowest BCUT2D eigenvalue weighted by Crippen LogP contribution is -2.37. The van der Waals surface area contributed by atoms with Crippen molar-refractivity contribution < 1.29 is 13.9 Å². The molecular weight excluding hydrogens is 377 g/mol. The molecule has 5 nitrogen and oxygen atoms in total. The van der Waals surface area contributed by atoms with Gasteiger partial charge in [-0.1, -0.05) is 29.5 Å². The van der Waals surface area contributed by atoms with Crippen molar-refractivity contribution in [3.63, 3.8) is 0 Å². The molecule has 1 amide bonds. The quantitative estimate of drug-likeness (QED) is 0.603. The van der Waals surface area contributed by atoms with Crippen molar-refractivity contribution in [1.82, 2.24) is 9.88 Å². The molecule has 0 aliphatic rings. The van der Waals surface area contributed by atoms with Crippen molar-refractivity contribution in [3.8, 4) is 5.75 Å². The van der Waals surface area contributed by atoms with Crippen LogP contribution in [0.15, 0.2) is 36.4 Å². The zero-order valence-electron chi connectivity index (χ0n) is 16.5. The fourth-order valence-electron chi connectivity index (χ4n) is 2.88. The summed E-state index contributed by atoms with van der Waals surface area (Å²) in [5, 5.41) is 0.650. The molecule has 0 saturated carbocycles. The smallest absolute Gasteiger partial charge is 0.233 e. The zero-order valence-corrected chi connectivity index (χ0v) is 17.3. The first-order valence-electron chi connectivity index (χ1n) is 9.02. The maximum absolute atomic E-state index is 13.2. The Hall–Kier alpha value is -2.51. The highest BCUT2D eigenvalue weighted by Gasteiger charge is 2.22. The van der Waals surface area contributed by atoms with E-state index < -0.39 is 0 Å². The monoisotopic (exact) mass is 401 g/mol. The van der Waals surface area contributed by atoms with Crippen LogP contribution in [0, 0.1) is 12.7 Å². The molecule has 1 heterocycles. The molecule has 0 saturated heterocycles. The second-order valence-corrected chi connectivity index (χ2v) is 7.89. The van der Waals surface area contributed by atoms with Crippen molar-refractivity contribution in [1.29, 1.82) is 0 Å². The van der Waals surface area contributed by atoms with Crippen LogP contribution >= 0.6 is 11.3 Å². The third-order valence-electron chi connectivity index (χ3n) is 4.48. The topological polar surface area (TPSA) is 45.7 Å². The van der Waals surface area contributed by atoms with Crippen LogP contribution in [0.1, 0.15) is 11.1 Å². The number of hydrogen-bond acceptors (Lipinski definition) is 5. The van der Waals surface area contributed by atoms with E-state index in [0.29, 0.717) is 24.0 Å². The molecule has 0 spiro atoms. The van der Waals surface area contributed by atoms with Crippen LogP contribution in [0.25, 0.3) is 10.2 Å². The third-order valence-corrected chi connectivity index (χ3v) is 5.70. The molecule has 0 bridgehead atoms. The maximum atomic E-state index is 13.2. The Morgan fingerprint density at radius 1 is 1.14 bits per heavy atom. The Labute approximate surface area is 168 Å². The molecular formula is C21H24FN3O2S. The fraction of sp³-hybridized carbons (Fsp3) is 0.333. The second-order valence-electron chi connectivity index (χ2n) is 6.91. The van der Waals surface area contributed by atoms with Crippen LogP contribution in [-0.4, -0.2) is 50.1 Å². The number of fused-ring (bicyclic) bond motifs is 1. The van der Waals surface area contributed by atoms with Gasteiger partial charge in [0.05, 0.1) is 18.2 Å². The molecule has 0 N–H and O–H groups in total. The van der Waals surface area contributed by atoms with Gasteiger partial charge in [0.15, 0.2) is 5.13 Å². The normalized spacial score (nSPS) is 11.2. The fourth-order valence-corrected chi connectivity index (χ4v) is 3.97. The van der Waals surface area contributed by atoms with Crippen LogP contribution < -0.4 is 9.64 Å². The Kier molecular flexibility index (Phi) is 6.26. The number of aryl methyl sites for hydroxylation is 1. The van der Waals surface area contributed by atoms with Crippen molar-refractivity contribution in [2.45, 2.75) is 13.3 Å². The van der Waals surface area contributed by atoms with Gasteiger partial charge in [-0.05, 0) is 50.3 Å². The van der Waals surface area contributed by atoms with E-state index in [1.165, 1.54) is 23.5 Å². The Morgan fingerprint density at radius 3 is 2.50 bits per heavy atom. The number of nitrogens with zero attached hydrogens (tertiary/aromatic N) is 3. The van der Waals surface area contributed by atoms with Crippen LogP contribution in [0.3, 0.4) is 0 Å². The molecule has 1 aromatic heterocycles. The van der Waals surface area contributed by atoms with E-state index in [1.54, 1.807) is 24.1 Å². The van der Waals surface area contributed by atoms with Gasteiger partial charge in [0.1, 0.15) is 17.1 Å². The SMILES string of the molecule is COc1ccc(C)c2sc(N(CCN(C)C)C(=O)Cc3ccc(F)cc3)nc12. The number of thiazole rings is 1. The number of methoxy groups -OCH3 is 1. The standard InChI is InChI=1S/C21H24FN3O2S/c1-14-5-10-17(27-4)19-20(14)28-21(23-19)25(12-11-24(2)3)18(26)13-15-6-8-16(22)9-7-15/h5-10H,11-13H2,1-4H3. The number of ether oxygens (including phenoxy) is 1. The number of hydrogen-bond donors (Lipinski definition) is 0. The minimum Gasteiger partial charge on any atom is -0.494 e. The summed E-state index contributed by atoms with van der Waals surface area (Å²) in [6.07, 6.45) is 0.194. The minimum absolute atomic E-state index is 0.0656. The first-order chi connectivity index (χ1) is 13.4. The van der Waals surface area contributed by atoms with E-state index in [0.717, 1.165) is 21.3 Å². The van der Waals surface area contributed by atoms with Crippen molar-refractivity contribution >= 4 is 32.6 Å². The molecule has 3 rings (SSSR count). The molecule has 0 radical (unpaired) electrons. The van der Waals surface area contributed by atoms with Gasteiger partial charge in [-0.3, -0.25) is 9.69 Å². The number of likely N-dealkylation sites (N-methyl/N-ethyl adjacent to an activating group) is 1.